The van der Waals surface area contributed by atoms with E-state index in [0.717, 1.165) is 0 Å². The van der Waals surface area contributed by atoms with E-state index in [4.69, 9.17) is 28.9 Å². The van der Waals surface area contributed by atoms with Crippen LogP contribution in [0.4, 0.5) is 0 Å². The van der Waals surface area contributed by atoms with E-state index in [2.05, 4.69) is 4.98 Å². The summed E-state index contributed by atoms with van der Waals surface area (Å²) in [4.78, 5) is 3.74. The van der Waals surface area contributed by atoms with Crippen molar-refractivity contribution in [3.05, 3.63) is 28.0 Å². The Kier molecular flexibility index (Phi) is 4.76. The number of rotatable bonds is 4. The molecular formula is C9H12Cl2N2O2. The average Bonchev–Trinajstić information content (AvgIpc) is 2.15. The van der Waals surface area contributed by atoms with Gasteiger partial charge in [-0.3, -0.25) is 0 Å². The van der Waals surface area contributed by atoms with Crippen molar-refractivity contribution < 1.29 is 10.2 Å². The minimum Gasteiger partial charge on any atom is -0.390 e. The first-order valence-electron chi connectivity index (χ1n) is 4.43. The Morgan fingerprint density at radius 2 is 1.80 bits per heavy atom. The van der Waals surface area contributed by atoms with Crippen LogP contribution in [0.15, 0.2) is 12.1 Å². The van der Waals surface area contributed by atoms with Gasteiger partial charge in [0.25, 0.3) is 0 Å². The van der Waals surface area contributed by atoms with Crippen molar-refractivity contribution in [1.29, 1.82) is 0 Å². The van der Waals surface area contributed by atoms with Gasteiger partial charge in [-0.1, -0.05) is 23.2 Å². The number of aromatic nitrogens is 1. The summed E-state index contributed by atoms with van der Waals surface area (Å²) in [6.07, 6.45) is -1.67. The SMILES string of the molecule is NCCC(O)C(O)c1cc(Cl)nc(Cl)c1. The summed E-state index contributed by atoms with van der Waals surface area (Å²) in [5.74, 6) is 0. The molecule has 0 saturated heterocycles. The molecule has 2 atom stereocenters. The fourth-order valence-electron chi connectivity index (χ4n) is 1.20. The second-order valence-electron chi connectivity index (χ2n) is 3.14. The number of halogens is 2. The Balaban J connectivity index is 2.85. The first-order valence-corrected chi connectivity index (χ1v) is 5.19. The smallest absolute Gasteiger partial charge is 0.131 e. The second-order valence-corrected chi connectivity index (χ2v) is 3.91. The van der Waals surface area contributed by atoms with Crippen molar-refractivity contribution in [2.24, 2.45) is 5.73 Å². The van der Waals surface area contributed by atoms with Gasteiger partial charge in [-0.05, 0) is 30.7 Å². The van der Waals surface area contributed by atoms with Crippen LogP contribution in [0.1, 0.15) is 18.1 Å². The van der Waals surface area contributed by atoms with Gasteiger partial charge in [0.2, 0.25) is 0 Å². The maximum absolute atomic E-state index is 9.72. The molecule has 1 aromatic rings. The predicted molar refractivity (Wildman–Crippen MR) is 58.9 cm³/mol. The molecule has 0 aliphatic rings. The molecule has 0 spiro atoms. The standard InChI is InChI=1S/C9H12Cl2N2O2/c10-7-3-5(4-8(11)13-7)9(15)6(14)1-2-12/h3-4,6,9,14-15H,1-2,12H2. The fourth-order valence-corrected chi connectivity index (χ4v) is 1.68. The predicted octanol–water partition coefficient (Wildman–Crippen LogP) is 1.13. The van der Waals surface area contributed by atoms with E-state index in [-0.39, 0.29) is 10.3 Å². The van der Waals surface area contributed by atoms with Crippen molar-refractivity contribution in [3.63, 3.8) is 0 Å². The summed E-state index contributed by atoms with van der Waals surface area (Å²) in [5.41, 5.74) is 5.70. The van der Waals surface area contributed by atoms with Crippen LogP contribution in [0.5, 0.6) is 0 Å². The highest BCUT2D eigenvalue weighted by molar-refractivity contribution is 6.32. The Hall–Kier alpha value is -0.390. The van der Waals surface area contributed by atoms with Gasteiger partial charge in [-0.15, -0.1) is 0 Å². The highest BCUT2D eigenvalue weighted by Gasteiger charge is 2.18. The molecule has 0 amide bonds. The van der Waals surface area contributed by atoms with E-state index in [1.165, 1.54) is 12.1 Å². The van der Waals surface area contributed by atoms with Gasteiger partial charge >= 0.3 is 0 Å². The highest BCUT2D eigenvalue weighted by atomic mass is 35.5. The molecule has 84 valence electrons. The highest BCUT2D eigenvalue weighted by Crippen LogP contribution is 2.23. The maximum Gasteiger partial charge on any atom is 0.131 e. The maximum atomic E-state index is 9.72. The third kappa shape index (κ3) is 3.59. The zero-order chi connectivity index (χ0) is 11.4. The summed E-state index contributed by atoms with van der Waals surface area (Å²) in [6, 6.07) is 2.91. The van der Waals surface area contributed by atoms with Crippen LogP contribution in [0.2, 0.25) is 10.3 Å². The molecule has 0 fully saturated rings. The van der Waals surface area contributed by atoms with Crippen LogP contribution in [-0.4, -0.2) is 27.8 Å². The number of aliphatic hydroxyl groups is 2. The molecular weight excluding hydrogens is 239 g/mol. The largest absolute Gasteiger partial charge is 0.390 e. The van der Waals surface area contributed by atoms with Crippen molar-refractivity contribution in [2.45, 2.75) is 18.6 Å². The molecule has 4 nitrogen and oxygen atoms in total. The normalized spacial score (nSPS) is 15.0. The lowest BCUT2D eigenvalue weighted by Gasteiger charge is -2.17. The van der Waals surface area contributed by atoms with Gasteiger partial charge < -0.3 is 15.9 Å². The summed E-state index contributed by atoms with van der Waals surface area (Å²) in [7, 11) is 0. The molecule has 15 heavy (non-hydrogen) atoms. The van der Waals surface area contributed by atoms with E-state index in [0.29, 0.717) is 18.5 Å². The van der Waals surface area contributed by atoms with E-state index in [9.17, 15) is 10.2 Å². The Bertz CT molecular complexity index is 316. The monoisotopic (exact) mass is 250 g/mol. The van der Waals surface area contributed by atoms with Gasteiger partial charge in [0, 0.05) is 0 Å². The molecule has 0 aliphatic heterocycles. The van der Waals surface area contributed by atoms with E-state index in [1.54, 1.807) is 0 Å². The lowest BCUT2D eigenvalue weighted by atomic mass is 10.0. The molecule has 4 N–H and O–H groups in total. The molecule has 0 aliphatic carbocycles. The summed E-state index contributed by atoms with van der Waals surface area (Å²) < 4.78 is 0. The first-order chi connectivity index (χ1) is 7.04. The van der Waals surface area contributed by atoms with Gasteiger partial charge in [0.15, 0.2) is 0 Å². The quantitative estimate of drug-likeness (QED) is 0.701. The summed E-state index contributed by atoms with van der Waals surface area (Å²) >= 11 is 11.3. The zero-order valence-electron chi connectivity index (χ0n) is 7.90. The number of nitrogens with zero attached hydrogens (tertiary/aromatic N) is 1. The van der Waals surface area contributed by atoms with E-state index in [1.807, 2.05) is 0 Å². The molecule has 1 aromatic heterocycles. The molecule has 0 aromatic carbocycles. The second kappa shape index (κ2) is 5.63. The van der Waals surface area contributed by atoms with Crippen molar-refractivity contribution >= 4 is 23.2 Å². The van der Waals surface area contributed by atoms with Crippen LogP contribution < -0.4 is 5.73 Å². The van der Waals surface area contributed by atoms with Gasteiger partial charge in [0.1, 0.15) is 16.4 Å². The topological polar surface area (TPSA) is 79.4 Å². The number of hydrogen-bond acceptors (Lipinski definition) is 4. The molecule has 2 unspecified atom stereocenters. The lowest BCUT2D eigenvalue weighted by molar-refractivity contribution is 0.0150. The third-order valence-corrected chi connectivity index (χ3v) is 2.34. The number of pyridine rings is 1. The van der Waals surface area contributed by atoms with Crippen LogP contribution in [-0.2, 0) is 0 Å². The van der Waals surface area contributed by atoms with E-state index < -0.39 is 12.2 Å². The van der Waals surface area contributed by atoms with E-state index >= 15 is 0 Å². The number of nitrogens with two attached hydrogens (primary N) is 1. The molecule has 6 heteroatoms. The van der Waals surface area contributed by atoms with Crippen molar-refractivity contribution in [2.75, 3.05) is 6.54 Å². The Labute approximate surface area is 97.6 Å². The lowest BCUT2D eigenvalue weighted by Crippen LogP contribution is -2.21. The molecule has 1 heterocycles. The Morgan fingerprint density at radius 1 is 1.27 bits per heavy atom. The first kappa shape index (κ1) is 12.7. The minimum atomic E-state index is -1.05. The van der Waals surface area contributed by atoms with Gasteiger partial charge in [-0.2, -0.15) is 0 Å². The van der Waals surface area contributed by atoms with Crippen LogP contribution in [0, 0.1) is 0 Å². The summed E-state index contributed by atoms with van der Waals surface area (Å²) in [5, 5.41) is 19.6. The zero-order valence-corrected chi connectivity index (χ0v) is 9.41. The van der Waals surface area contributed by atoms with Gasteiger partial charge in [0.05, 0.1) is 6.10 Å². The number of hydrogen-bond donors (Lipinski definition) is 3. The number of aliphatic hydroxyl groups excluding tert-OH is 2. The third-order valence-electron chi connectivity index (χ3n) is 1.95. The molecule has 0 bridgehead atoms. The fraction of sp³-hybridized carbons (Fsp3) is 0.444. The average molecular weight is 251 g/mol. The Morgan fingerprint density at radius 3 is 2.27 bits per heavy atom. The van der Waals surface area contributed by atoms with Gasteiger partial charge in [-0.25, -0.2) is 4.98 Å². The van der Waals surface area contributed by atoms with Crippen LogP contribution in [0.25, 0.3) is 0 Å². The van der Waals surface area contributed by atoms with Crippen molar-refractivity contribution in [1.82, 2.24) is 4.98 Å². The van der Waals surface area contributed by atoms with Crippen LogP contribution >= 0.6 is 23.2 Å². The molecule has 1 rings (SSSR count). The molecule has 0 saturated carbocycles. The summed E-state index contributed by atoms with van der Waals surface area (Å²) in [6.45, 7) is 0.296. The molecule has 0 radical (unpaired) electrons. The minimum absolute atomic E-state index is 0.177. The van der Waals surface area contributed by atoms with Crippen molar-refractivity contribution in [3.8, 4) is 0 Å². The van der Waals surface area contributed by atoms with Crippen LogP contribution in [0.3, 0.4) is 0 Å².